The van der Waals surface area contributed by atoms with Gasteiger partial charge in [-0.25, -0.2) is 0 Å². The van der Waals surface area contributed by atoms with Crippen LogP contribution in [-0.2, 0) is 11.2 Å². The molecule has 0 radical (unpaired) electrons. The van der Waals surface area contributed by atoms with E-state index in [9.17, 15) is 4.79 Å². The zero-order chi connectivity index (χ0) is 17.5. The number of benzene rings is 2. The number of nitrogens with zero attached hydrogens (tertiary/aromatic N) is 2. The second kappa shape index (κ2) is 9.31. The topological polar surface area (TPSA) is 35.6 Å². The Morgan fingerprint density at radius 1 is 0.960 bits per heavy atom. The molecule has 0 bridgehead atoms. The Morgan fingerprint density at radius 2 is 1.68 bits per heavy atom. The Labute approximate surface area is 163 Å². The quantitative estimate of drug-likeness (QED) is 0.689. The van der Waals surface area contributed by atoms with Crippen LogP contribution in [0.2, 0.25) is 0 Å². The zero-order valence-corrected chi connectivity index (χ0v) is 16.5. The summed E-state index contributed by atoms with van der Waals surface area (Å²) in [7, 11) is 0. The maximum Gasteiger partial charge on any atom is 0.238 e. The standard InChI is InChI=1S/C20H24IN3O/c21-18-7-4-8-19(15-18)22-20(25)16-24-13-11-23(12-14-24)10-9-17-5-2-1-3-6-17/h1-8,15H,9-14,16H2,(H,22,25). The fourth-order valence-electron chi connectivity index (χ4n) is 3.07. The molecule has 1 N–H and O–H groups in total. The number of anilines is 1. The maximum atomic E-state index is 12.2. The lowest BCUT2D eigenvalue weighted by Crippen LogP contribution is -2.49. The number of hydrogen-bond donors (Lipinski definition) is 1. The fourth-order valence-corrected chi connectivity index (χ4v) is 3.62. The van der Waals surface area contributed by atoms with Crippen LogP contribution in [0.1, 0.15) is 5.56 Å². The average molecular weight is 449 g/mol. The van der Waals surface area contributed by atoms with Crippen LogP contribution < -0.4 is 5.32 Å². The molecular weight excluding hydrogens is 425 g/mol. The number of halogens is 1. The largest absolute Gasteiger partial charge is 0.325 e. The summed E-state index contributed by atoms with van der Waals surface area (Å²) < 4.78 is 1.13. The molecule has 1 aliphatic heterocycles. The molecule has 0 spiro atoms. The molecule has 2 aromatic rings. The predicted octanol–water partition coefficient (Wildman–Crippen LogP) is 3.09. The highest BCUT2D eigenvalue weighted by Crippen LogP contribution is 2.12. The third-order valence-electron chi connectivity index (χ3n) is 4.50. The first-order valence-corrected chi connectivity index (χ1v) is 9.81. The maximum absolute atomic E-state index is 12.2. The molecule has 2 aromatic carbocycles. The van der Waals surface area contributed by atoms with Crippen molar-refractivity contribution in [3.63, 3.8) is 0 Å². The third kappa shape index (κ3) is 6.09. The lowest BCUT2D eigenvalue weighted by Gasteiger charge is -2.34. The smallest absolute Gasteiger partial charge is 0.238 e. The Kier molecular flexibility index (Phi) is 6.84. The van der Waals surface area contributed by atoms with Crippen molar-refractivity contribution >= 4 is 34.2 Å². The van der Waals surface area contributed by atoms with Gasteiger partial charge in [-0.1, -0.05) is 36.4 Å². The van der Waals surface area contributed by atoms with Crippen LogP contribution in [0.25, 0.3) is 0 Å². The SMILES string of the molecule is O=C(CN1CCN(CCc2ccccc2)CC1)Nc1cccc(I)c1. The van der Waals surface area contributed by atoms with Crippen molar-refractivity contribution in [2.24, 2.45) is 0 Å². The lowest BCUT2D eigenvalue weighted by atomic mass is 10.1. The normalized spacial score (nSPS) is 15.9. The number of nitrogens with one attached hydrogen (secondary N) is 1. The van der Waals surface area contributed by atoms with Gasteiger partial charge in [-0.05, 0) is 52.8 Å². The highest BCUT2D eigenvalue weighted by atomic mass is 127. The van der Waals surface area contributed by atoms with E-state index in [0.29, 0.717) is 6.54 Å². The molecule has 0 aliphatic carbocycles. The van der Waals surface area contributed by atoms with E-state index < -0.39 is 0 Å². The molecule has 0 unspecified atom stereocenters. The minimum absolute atomic E-state index is 0.0692. The first kappa shape index (κ1) is 18.4. The van der Waals surface area contributed by atoms with Gasteiger partial charge in [0.1, 0.15) is 0 Å². The van der Waals surface area contributed by atoms with E-state index in [1.807, 2.05) is 24.3 Å². The van der Waals surface area contributed by atoms with E-state index in [-0.39, 0.29) is 5.91 Å². The summed E-state index contributed by atoms with van der Waals surface area (Å²) in [5.74, 6) is 0.0692. The van der Waals surface area contributed by atoms with Crippen molar-refractivity contribution in [3.05, 3.63) is 63.7 Å². The molecule has 1 aliphatic rings. The van der Waals surface area contributed by atoms with Crippen LogP contribution in [0, 0.1) is 3.57 Å². The molecule has 0 atom stereocenters. The van der Waals surface area contributed by atoms with E-state index >= 15 is 0 Å². The molecule has 1 fully saturated rings. The van der Waals surface area contributed by atoms with E-state index in [0.717, 1.165) is 48.4 Å². The number of carbonyl (C=O) groups is 1. The van der Waals surface area contributed by atoms with Gasteiger partial charge in [-0.2, -0.15) is 0 Å². The molecule has 1 amide bonds. The molecule has 5 heteroatoms. The predicted molar refractivity (Wildman–Crippen MR) is 111 cm³/mol. The first-order chi connectivity index (χ1) is 12.2. The van der Waals surface area contributed by atoms with Crippen LogP contribution >= 0.6 is 22.6 Å². The van der Waals surface area contributed by atoms with Crippen molar-refractivity contribution in [1.82, 2.24) is 9.80 Å². The number of hydrogen-bond acceptors (Lipinski definition) is 3. The summed E-state index contributed by atoms with van der Waals surface area (Å²) in [6.45, 7) is 5.53. The Morgan fingerprint density at radius 3 is 2.40 bits per heavy atom. The van der Waals surface area contributed by atoms with Gasteiger partial charge in [0.05, 0.1) is 6.54 Å². The summed E-state index contributed by atoms with van der Waals surface area (Å²) in [5.41, 5.74) is 2.26. The van der Waals surface area contributed by atoms with Crippen LogP contribution in [0.5, 0.6) is 0 Å². The Bertz CT molecular complexity index is 684. The molecule has 3 rings (SSSR count). The van der Waals surface area contributed by atoms with Crippen LogP contribution in [0.3, 0.4) is 0 Å². The van der Waals surface area contributed by atoms with Crippen molar-refractivity contribution in [2.45, 2.75) is 6.42 Å². The minimum Gasteiger partial charge on any atom is -0.325 e. The van der Waals surface area contributed by atoms with Gasteiger partial charge in [-0.3, -0.25) is 9.69 Å². The summed E-state index contributed by atoms with van der Waals surface area (Å²) in [4.78, 5) is 16.9. The molecule has 25 heavy (non-hydrogen) atoms. The third-order valence-corrected chi connectivity index (χ3v) is 5.17. The van der Waals surface area contributed by atoms with E-state index in [4.69, 9.17) is 0 Å². The van der Waals surface area contributed by atoms with Gasteiger partial charge in [0, 0.05) is 42.0 Å². The summed E-state index contributed by atoms with van der Waals surface area (Å²) in [6.07, 6.45) is 1.09. The summed E-state index contributed by atoms with van der Waals surface area (Å²) in [6, 6.07) is 18.5. The van der Waals surface area contributed by atoms with Gasteiger partial charge >= 0.3 is 0 Å². The van der Waals surface area contributed by atoms with Crippen molar-refractivity contribution in [3.8, 4) is 0 Å². The highest BCUT2D eigenvalue weighted by molar-refractivity contribution is 14.1. The van der Waals surface area contributed by atoms with E-state index in [2.05, 4.69) is 68.0 Å². The average Bonchev–Trinajstić information content (AvgIpc) is 2.62. The first-order valence-electron chi connectivity index (χ1n) is 8.73. The van der Waals surface area contributed by atoms with E-state index in [1.165, 1.54) is 5.56 Å². The van der Waals surface area contributed by atoms with Gasteiger partial charge in [0.2, 0.25) is 5.91 Å². The highest BCUT2D eigenvalue weighted by Gasteiger charge is 2.18. The molecular formula is C20H24IN3O. The van der Waals surface area contributed by atoms with E-state index in [1.54, 1.807) is 0 Å². The van der Waals surface area contributed by atoms with Gasteiger partial charge in [0.25, 0.3) is 0 Å². The monoisotopic (exact) mass is 449 g/mol. The van der Waals surface area contributed by atoms with Gasteiger partial charge in [-0.15, -0.1) is 0 Å². The molecule has 0 saturated carbocycles. The summed E-state index contributed by atoms with van der Waals surface area (Å²) >= 11 is 2.25. The second-order valence-electron chi connectivity index (χ2n) is 6.41. The number of rotatable bonds is 6. The number of amides is 1. The molecule has 4 nitrogen and oxygen atoms in total. The van der Waals surface area contributed by atoms with Crippen molar-refractivity contribution in [2.75, 3.05) is 44.6 Å². The summed E-state index contributed by atoms with van der Waals surface area (Å²) in [5, 5.41) is 2.99. The van der Waals surface area contributed by atoms with Crippen molar-refractivity contribution in [1.29, 1.82) is 0 Å². The Hall–Kier alpha value is -1.44. The molecule has 1 saturated heterocycles. The number of piperazine rings is 1. The van der Waals surface area contributed by atoms with Crippen LogP contribution in [0.4, 0.5) is 5.69 Å². The zero-order valence-electron chi connectivity index (χ0n) is 14.3. The second-order valence-corrected chi connectivity index (χ2v) is 7.66. The Balaban J connectivity index is 1.38. The fraction of sp³-hybridized carbons (Fsp3) is 0.350. The minimum atomic E-state index is 0.0692. The van der Waals surface area contributed by atoms with Crippen molar-refractivity contribution < 1.29 is 4.79 Å². The van der Waals surface area contributed by atoms with Gasteiger partial charge in [0.15, 0.2) is 0 Å². The lowest BCUT2D eigenvalue weighted by molar-refractivity contribution is -0.117. The molecule has 132 valence electrons. The van der Waals surface area contributed by atoms with Gasteiger partial charge < -0.3 is 10.2 Å². The molecule has 1 heterocycles. The number of carbonyl (C=O) groups excluding carboxylic acids is 1. The van der Waals surface area contributed by atoms with Crippen LogP contribution in [0.15, 0.2) is 54.6 Å². The molecule has 0 aromatic heterocycles. The van der Waals surface area contributed by atoms with Crippen LogP contribution in [-0.4, -0.2) is 55.0 Å².